The standard InChI is InChI=1S/C32H31N3O3S/c1-32(2,3)25-16-12-23(13-17-25)29(36)33-26-10-7-11-27(20-26)34-31(39)35-30(37)24-14-18-28(19-15-24)38-21-22-8-5-4-6-9-22/h4-20H,21H2,1-3H3,(H,33,36)(H2,34,35,37,39). The molecule has 0 aliphatic rings. The average Bonchev–Trinajstić information content (AvgIpc) is 2.92. The van der Waals surface area contributed by atoms with E-state index in [0.29, 0.717) is 34.9 Å². The molecule has 0 spiro atoms. The summed E-state index contributed by atoms with van der Waals surface area (Å²) in [6, 6.07) is 31.4. The zero-order chi connectivity index (χ0) is 27.8. The monoisotopic (exact) mass is 537 g/mol. The van der Waals surface area contributed by atoms with Crippen LogP contribution in [0.15, 0.2) is 103 Å². The quantitative estimate of drug-likeness (QED) is 0.223. The van der Waals surface area contributed by atoms with Gasteiger partial charge in [-0.05, 0) is 83.4 Å². The third kappa shape index (κ3) is 7.99. The van der Waals surface area contributed by atoms with Crippen LogP contribution in [-0.4, -0.2) is 16.9 Å². The molecule has 7 heteroatoms. The number of rotatable bonds is 7. The lowest BCUT2D eigenvalue weighted by Crippen LogP contribution is -2.34. The summed E-state index contributed by atoms with van der Waals surface area (Å²) >= 11 is 5.33. The second-order valence-electron chi connectivity index (χ2n) is 10.1. The van der Waals surface area contributed by atoms with E-state index in [1.807, 2.05) is 54.6 Å². The number of ether oxygens (including phenoxy) is 1. The molecule has 6 nitrogen and oxygen atoms in total. The summed E-state index contributed by atoms with van der Waals surface area (Å²) in [6.45, 7) is 6.84. The van der Waals surface area contributed by atoms with Gasteiger partial charge in [0.15, 0.2) is 5.11 Å². The molecule has 39 heavy (non-hydrogen) atoms. The molecule has 4 rings (SSSR count). The van der Waals surface area contributed by atoms with Gasteiger partial charge in [-0.25, -0.2) is 0 Å². The van der Waals surface area contributed by atoms with Crippen LogP contribution in [0, 0.1) is 0 Å². The van der Waals surface area contributed by atoms with E-state index in [2.05, 4.69) is 36.7 Å². The second kappa shape index (κ2) is 12.4. The van der Waals surface area contributed by atoms with E-state index >= 15 is 0 Å². The highest BCUT2D eigenvalue weighted by molar-refractivity contribution is 7.80. The van der Waals surface area contributed by atoms with Gasteiger partial charge in [0.25, 0.3) is 11.8 Å². The topological polar surface area (TPSA) is 79.5 Å². The molecule has 0 bridgehead atoms. The average molecular weight is 538 g/mol. The summed E-state index contributed by atoms with van der Waals surface area (Å²) in [5, 5.41) is 8.72. The Hall–Kier alpha value is -4.49. The molecule has 0 aliphatic carbocycles. The highest BCUT2D eigenvalue weighted by Gasteiger charge is 2.15. The number of hydrogen-bond donors (Lipinski definition) is 3. The number of anilines is 2. The first-order chi connectivity index (χ1) is 18.7. The molecule has 198 valence electrons. The SMILES string of the molecule is CC(C)(C)c1ccc(C(=O)Nc2cccc(NC(=S)NC(=O)c3ccc(OCc4ccccc4)cc3)c2)cc1. The van der Waals surface area contributed by atoms with Gasteiger partial charge >= 0.3 is 0 Å². The zero-order valence-electron chi connectivity index (χ0n) is 22.2. The van der Waals surface area contributed by atoms with Crippen molar-refractivity contribution >= 4 is 40.5 Å². The van der Waals surface area contributed by atoms with Crippen LogP contribution in [0.4, 0.5) is 11.4 Å². The Labute approximate surface area is 234 Å². The molecular formula is C32H31N3O3S. The van der Waals surface area contributed by atoms with Gasteiger partial charge in [0, 0.05) is 22.5 Å². The lowest BCUT2D eigenvalue weighted by Gasteiger charge is -2.19. The van der Waals surface area contributed by atoms with E-state index in [4.69, 9.17) is 17.0 Å². The minimum absolute atomic E-state index is 0.0171. The maximum atomic E-state index is 12.7. The number of carbonyl (C=O) groups is 2. The van der Waals surface area contributed by atoms with E-state index in [0.717, 1.165) is 11.1 Å². The van der Waals surface area contributed by atoms with Crippen molar-refractivity contribution in [1.29, 1.82) is 0 Å². The Morgan fingerprint density at radius 2 is 1.31 bits per heavy atom. The molecule has 3 N–H and O–H groups in total. The smallest absolute Gasteiger partial charge is 0.257 e. The molecule has 0 atom stereocenters. The summed E-state index contributed by atoms with van der Waals surface area (Å²) in [4.78, 5) is 25.4. The van der Waals surface area contributed by atoms with Crippen LogP contribution < -0.4 is 20.7 Å². The lowest BCUT2D eigenvalue weighted by molar-refractivity contribution is 0.0976. The number of thiocarbonyl (C=S) groups is 1. The van der Waals surface area contributed by atoms with E-state index in [1.54, 1.807) is 48.5 Å². The van der Waals surface area contributed by atoms with Gasteiger partial charge in [-0.1, -0.05) is 69.3 Å². The van der Waals surface area contributed by atoms with Gasteiger partial charge in [-0.15, -0.1) is 0 Å². The fourth-order valence-corrected chi connectivity index (χ4v) is 3.99. The van der Waals surface area contributed by atoms with Gasteiger partial charge in [-0.2, -0.15) is 0 Å². The number of nitrogens with one attached hydrogen (secondary N) is 3. The first-order valence-corrected chi connectivity index (χ1v) is 13.0. The molecule has 0 saturated heterocycles. The van der Waals surface area contributed by atoms with Crippen molar-refractivity contribution in [3.63, 3.8) is 0 Å². The predicted octanol–water partition coefficient (Wildman–Crippen LogP) is 6.94. The van der Waals surface area contributed by atoms with E-state index < -0.39 is 0 Å². The molecule has 0 radical (unpaired) electrons. The van der Waals surface area contributed by atoms with Crippen molar-refractivity contribution in [3.8, 4) is 5.75 Å². The maximum absolute atomic E-state index is 12.7. The first kappa shape index (κ1) is 27.5. The zero-order valence-corrected chi connectivity index (χ0v) is 23.0. The van der Waals surface area contributed by atoms with E-state index in [9.17, 15) is 9.59 Å². The summed E-state index contributed by atoms with van der Waals surface area (Å²) < 4.78 is 5.77. The van der Waals surface area contributed by atoms with Gasteiger partial charge in [0.05, 0.1) is 0 Å². The summed E-state index contributed by atoms with van der Waals surface area (Å²) in [6.07, 6.45) is 0. The molecular weight excluding hydrogens is 506 g/mol. The largest absolute Gasteiger partial charge is 0.489 e. The fourth-order valence-electron chi connectivity index (χ4n) is 3.78. The lowest BCUT2D eigenvalue weighted by atomic mass is 9.87. The maximum Gasteiger partial charge on any atom is 0.257 e. The highest BCUT2D eigenvalue weighted by atomic mass is 32.1. The minimum Gasteiger partial charge on any atom is -0.489 e. The summed E-state index contributed by atoms with van der Waals surface area (Å²) in [5.41, 5.74) is 4.49. The van der Waals surface area contributed by atoms with Crippen LogP contribution in [0.25, 0.3) is 0 Å². The summed E-state index contributed by atoms with van der Waals surface area (Å²) in [5.74, 6) is 0.116. The Bertz CT molecular complexity index is 1440. The van der Waals surface area contributed by atoms with E-state index in [1.165, 1.54) is 0 Å². The predicted molar refractivity (Wildman–Crippen MR) is 160 cm³/mol. The molecule has 0 unspecified atom stereocenters. The van der Waals surface area contributed by atoms with Crippen molar-refractivity contribution in [2.45, 2.75) is 32.8 Å². The molecule has 0 saturated carbocycles. The molecule has 0 aromatic heterocycles. The Morgan fingerprint density at radius 1 is 0.718 bits per heavy atom. The van der Waals surface area contributed by atoms with Crippen molar-refractivity contribution in [2.24, 2.45) is 0 Å². The van der Waals surface area contributed by atoms with Crippen molar-refractivity contribution in [3.05, 3.63) is 125 Å². The molecule has 0 heterocycles. The second-order valence-corrected chi connectivity index (χ2v) is 10.5. The number of benzene rings is 4. The van der Waals surface area contributed by atoms with Gasteiger partial charge in [0.1, 0.15) is 12.4 Å². The summed E-state index contributed by atoms with van der Waals surface area (Å²) in [7, 11) is 0. The molecule has 4 aromatic carbocycles. The Balaban J connectivity index is 1.29. The van der Waals surface area contributed by atoms with Gasteiger partial charge in [-0.3, -0.25) is 14.9 Å². The number of amides is 2. The Morgan fingerprint density at radius 3 is 1.95 bits per heavy atom. The van der Waals surface area contributed by atoms with Crippen molar-refractivity contribution < 1.29 is 14.3 Å². The van der Waals surface area contributed by atoms with Gasteiger partial charge in [0.2, 0.25) is 0 Å². The molecule has 0 fully saturated rings. The van der Waals surface area contributed by atoms with Crippen molar-refractivity contribution in [2.75, 3.05) is 10.6 Å². The molecule has 0 aliphatic heterocycles. The fraction of sp³-hybridized carbons (Fsp3) is 0.156. The third-order valence-electron chi connectivity index (χ3n) is 5.98. The number of carbonyl (C=O) groups excluding carboxylic acids is 2. The molecule has 4 aromatic rings. The molecule has 2 amide bonds. The van der Waals surface area contributed by atoms with Gasteiger partial charge < -0.3 is 15.4 Å². The van der Waals surface area contributed by atoms with E-state index in [-0.39, 0.29) is 22.3 Å². The van der Waals surface area contributed by atoms with Crippen LogP contribution in [0.2, 0.25) is 0 Å². The van der Waals surface area contributed by atoms with Crippen LogP contribution in [0.1, 0.15) is 52.6 Å². The highest BCUT2D eigenvalue weighted by Crippen LogP contribution is 2.23. The van der Waals surface area contributed by atoms with Crippen LogP contribution in [0.5, 0.6) is 5.75 Å². The Kier molecular flexibility index (Phi) is 8.74. The van der Waals surface area contributed by atoms with Crippen LogP contribution in [-0.2, 0) is 12.0 Å². The van der Waals surface area contributed by atoms with Crippen LogP contribution in [0.3, 0.4) is 0 Å². The third-order valence-corrected chi connectivity index (χ3v) is 6.19. The normalized spacial score (nSPS) is 10.8. The first-order valence-electron chi connectivity index (χ1n) is 12.6. The van der Waals surface area contributed by atoms with Crippen molar-refractivity contribution in [1.82, 2.24) is 5.32 Å². The number of hydrogen-bond acceptors (Lipinski definition) is 4. The van der Waals surface area contributed by atoms with Crippen LogP contribution >= 0.6 is 12.2 Å². The minimum atomic E-state index is -0.342.